The number of nitrogens with zero attached hydrogens (tertiary/aromatic N) is 1. The van der Waals surface area contributed by atoms with Crippen LogP contribution in [0.1, 0.15) is 20.8 Å². The van der Waals surface area contributed by atoms with Crippen LogP contribution in [-0.4, -0.2) is 43.8 Å². The molecule has 0 amide bonds. The monoisotopic (exact) mass is 186 g/mol. The van der Waals surface area contributed by atoms with Gasteiger partial charge in [0.15, 0.2) is 0 Å². The van der Waals surface area contributed by atoms with Gasteiger partial charge in [0, 0.05) is 25.7 Å². The summed E-state index contributed by atoms with van der Waals surface area (Å²) < 4.78 is 5.32. The third-order valence-corrected chi connectivity index (χ3v) is 2.71. The molecule has 0 aromatic heterocycles. The molecular formula is C10H22N2O. The first-order valence-electron chi connectivity index (χ1n) is 5.07. The number of rotatable bonds is 2. The molecule has 1 unspecified atom stereocenters. The Morgan fingerprint density at radius 2 is 1.85 bits per heavy atom. The second-order valence-electron chi connectivity index (χ2n) is 4.77. The maximum absolute atomic E-state index is 5.81. The Kier molecular flexibility index (Phi) is 3.71. The summed E-state index contributed by atoms with van der Waals surface area (Å²) in [7, 11) is 0. The zero-order chi connectivity index (χ0) is 9.90. The van der Waals surface area contributed by atoms with Crippen molar-refractivity contribution in [1.82, 2.24) is 4.90 Å². The predicted molar refractivity (Wildman–Crippen MR) is 54.7 cm³/mol. The highest BCUT2D eigenvalue weighted by Gasteiger charge is 2.29. The lowest BCUT2D eigenvalue weighted by atomic mass is 9.85. The Hall–Kier alpha value is -0.120. The quantitative estimate of drug-likeness (QED) is 0.689. The highest BCUT2D eigenvalue weighted by atomic mass is 16.5. The van der Waals surface area contributed by atoms with Crippen LogP contribution >= 0.6 is 0 Å². The zero-order valence-electron chi connectivity index (χ0n) is 9.05. The van der Waals surface area contributed by atoms with Crippen molar-refractivity contribution in [1.29, 1.82) is 0 Å². The molecule has 0 saturated carbocycles. The Morgan fingerprint density at radius 1 is 1.31 bits per heavy atom. The van der Waals surface area contributed by atoms with Gasteiger partial charge in [-0.05, 0) is 5.41 Å². The van der Waals surface area contributed by atoms with E-state index in [9.17, 15) is 0 Å². The van der Waals surface area contributed by atoms with E-state index in [1.165, 1.54) is 0 Å². The Bertz CT molecular complexity index is 147. The molecule has 0 radical (unpaired) electrons. The number of nitrogens with two attached hydrogens (primary N) is 1. The summed E-state index contributed by atoms with van der Waals surface area (Å²) in [5.41, 5.74) is 6.08. The van der Waals surface area contributed by atoms with Crippen LogP contribution < -0.4 is 5.73 Å². The molecule has 2 N–H and O–H groups in total. The van der Waals surface area contributed by atoms with Crippen molar-refractivity contribution >= 4 is 0 Å². The Balaban J connectivity index is 2.54. The van der Waals surface area contributed by atoms with Gasteiger partial charge in [-0.3, -0.25) is 4.90 Å². The van der Waals surface area contributed by atoms with Crippen LogP contribution in [0.2, 0.25) is 0 Å². The Labute approximate surface area is 81.2 Å². The van der Waals surface area contributed by atoms with Crippen LogP contribution in [0.5, 0.6) is 0 Å². The molecule has 0 spiro atoms. The molecule has 0 bridgehead atoms. The van der Waals surface area contributed by atoms with Gasteiger partial charge in [0.05, 0.1) is 13.2 Å². The van der Waals surface area contributed by atoms with E-state index in [-0.39, 0.29) is 5.41 Å². The highest BCUT2D eigenvalue weighted by molar-refractivity contribution is 4.84. The minimum absolute atomic E-state index is 0.270. The van der Waals surface area contributed by atoms with Crippen molar-refractivity contribution in [3.05, 3.63) is 0 Å². The van der Waals surface area contributed by atoms with Crippen molar-refractivity contribution in [2.45, 2.75) is 26.8 Å². The van der Waals surface area contributed by atoms with E-state index in [4.69, 9.17) is 10.5 Å². The molecule has 1 heterocycles. The molecule has 3 nitrogen and oxygen atoms in total. The number of morpholine rings is 1. The van der Waals surface area contributed by atoms with Crippen molar-refractivity contribution in [2.24, 2.45) is 11.1 Å². The van der Waals surface area contributed by atoms with Crippen LogP contribution in [0.3, 0.4) is 0 Å². The maximum atomic E-state index is 5.81. The van der Waals surface area contributed by atoms with Gasteiger partial charge in [-0.2, -0.15) is 0 Å². The second kappa shape index (κ2) is 4.40. The van der Waals surface area contributed by atoms with Gasteiger partial charge in [0.2, 0.25) is 0 Å². The SMILES string of the molecule is CC(C)(C)C(CN)N1CCOCC1. The maximum Gasteiger partial charge on any atom is 0.0594 e. The first-order chi connectivity index (χ1) is 6.05. The van der Waals surface area contributed by atoms with Crippen LogP contribution in [0.15, 0.2) is 0 Å². The number of ether oxygens (including phenoxy) is 1. The summed E-state index contributed by atoms with van der Waals surface area (Å²) in [6.07, 6.45) is 0. The van der Waals surface area contributed by atoms with Gasteiger partial charge in [-0.25, -0.2) is 0 Å². The van der Waals surface area contributed by atoms with Crippen LogP contribution in [-0.2, 0) is 4.74 Å². The predicted octanol–water partition coefficient (Wildman–Crippen LogP) is 0.692. The lowest BCUT2D eigenvalue weighted by Crippen LogP contribution is -2.52. The van der Waals surface area contributed by atoms with Crippen LogP contribution in [0, 0.1) is 5.41 Å². The third kappa shape index (κ3) is 2.93. The topological polar surface area (TPSA) is 38.5 Å². The van der Waals surface area contributed by atoms with E-state index in [1.807, 2.05) is 0 Å². The molecule has 1 fully saturated rings. The van der Waals surface area contributed by atoms with Crippen LogP contribution in [0.4, 0.5) is 0 Å². The fourth-order valence-corrected chi connectivity index (χ4v) is 1.94. The van der Waals surface area contributed by atoms with E-state index in [2.05, 4.69) is 25.7 Å². The normalized spacial score (nSPS) is 23.1. The first kappa shape index (κ1) is 11.0. The molecule has 0 aromatic rings. The standard InChI is InChI=1S/C10H22N2O/c1-10(2,3)9(8-11)12-4-6-13-7-5-12/h9H,4-8,11H2,1-3H3. The largest absolute Gasteiger partial charge is 0.379 e. The van der Waals surface area contributed by atoms with Gasteiger partial charge < -0.3 is 10.5 Å². The Morgan fingerprint density at radius 3 is 2.23 bits per heavy atom. The smallest absolute Gasteiger partial charge is 0.0594 e. The van der Waals surface area contributed by atoms with Crippen molar-refractivity contribution in [3.63, 3.8) is 0 Å². The number of hydrogen-bond acceptors (Lipinski definition) is 3. The lowest BCUT2D eigenvalue weighted by Gasteiger charge is -2.41. The second-order valence-corrected chi connectivity index (χ2v) is 4.77. The summed E-state index contributed by atoms with van der Waals surface area (Å²) in [6.45, 7) is 11.3. The average molecular weight is 186 g/mol. The van der Waals surface area contributed by atoms with Gasteiger partial charge in [-0.15, -0.1) is 0 Å². The molecule has 3 heteroatoms. The van der Waals surface area contributed by atoms with E-state index >= 15 is 0 Å². The third-order valence-electron chi connectivity index (χ3n) is 2.71. The summed E-state index contributed by atoms with van der Waals surface area (Å²) in [5.74, 6) is 0. The van der Waals surface area contributed by atoms with Crippen molar-refractivity contribution in [3.8, 4) is 0 Å². The van der Waals surface area contributed by atoms with Gasteiger partial charge in [0.1, 0.15) is 0 Å². The minimum Gasteiger partial charge on any atom is -0.379 e. The summed E-state index contributed by atoms with van der Waals surface area (Å²) in [6, 6.07) is 0.483. The molecule has 1 saturated heterocycles. The summed E-state index contributed by atoms with van der Waals surface area (Å²) in [5, 5.41) is 0. The van der Waals surface area contributed by atoms with Crippen molar-refractivity contribution in [2.75, 3.05) is 32.8 Å². The van der Waals surface area contributed by atoms with Crippen LogP contribution in [0.25, 0.3) is 0 Å². The molecule has 0 aliphatic carbocycles. The number of hydrogen-bond donors (Lipinski definition) is 1. The lowest BCUT2D eigenvalue weighted by molar-refractivity contribution is -0.00738. The van der Waals surface area contributed by atoms with Gasteiger partial charge in [-0.1, -0.05) is 20.8 Å². The fraction of sp³-hybridized carbons (Fsp3) is 1.00. The molecule has 13 heavy (non-hydrogen) atoms. The van der Waals surface area contributed by atoms with Gasteiger partial charge in [0.25, 0.3) is 0 Å². The highest BCUT2D eigenvalue weighted by Crippen LogP contribution is 2.24. The average Bonchev–Trinajstić information content (AvgIpc) is 2.05. The molecule has 78 valence electrons. The van der Waals surface area contributed by atoms with E-state index < -0.39 is 0 Å². The van der Waals surface area contributed by atoms with E-state index in [0.717, 1.165) is 32.8 Å². The minimum atomic E-state index is 0.270. The van der Waals surface area contributed by atoms with Gasteiger partial charge >= 0.3 is 0 Å². The van der Waals surface area contributed by atoms with E-state index in [1.54, 1.807) is 0 Å². The molecule has 0 aromatic carbocycles. The molecule has 1 atom stereocenters. The first-order valence-corrected chi connectivity index (χ1v) is 5.07. The molecular weight excluding hydrogens is 164 g/mol. The summed E-state index contributed by atoms with van der Waals surface area (Å²) in [4.78, 5) is 2.45. The molecule has 1 aliphatic heterocycles. The van der Waals surface area contributed by atoms with E-state index in [0.29, 0.717) is 6.04 Å². The fourth-order valence-electron chi connectivity index (χ4n) is 1.94. The molecule has 1 aliphatic rings. The zero-order valence-corrected chi connectivity index (χ0v) is 9.05. The summed E-state index contributed by atoms with van der Waals surface area (Å²) >= 11 is 0. The van der Waals surface area contributed by atoms with Crippen molar-refractivity contribution < 1.29 is 4.74 Å². The molecule has 1 rings (SSSR count).